The van der Waals surface area contributed by atoms with Crippen molar-refractivity contribution in [2.45, 2.75) is 27.7 Å². The van der Waals surface area contributed by atoms with Crippen molar-refractivity contribution in [3.05, 3.63) is 52.6 Å². The van der Waals surface area contributed by atoms with E-state index in [1.165, 1.54) is 22.3 Å². The highest BCUT2D eigenvalue weighted by molar-refractivity contribution is 5.46. The molecule has 0 amide bonds. The smallest absolute Gasteiger partial charge is 0.119 e. The Morgan fingerprint density at radius 1 is 0.882 bits per heavy atom. The van der Waals surface area contributed by atoms with Gasteiger partial charge >= 0.3 is 0 Å². The van der Waals surface area contributed by atoms with Gasteiger partial charge in [0.1, 0.15) is 5.75 Å². The summed E-state index contributed by atoms with van der Waals surface area (Å²) in [5, 5.41) is 0. The molecule has 0 atom stereocenters. The van der Waals surface area contributed by atoms with Gasteiger partial charge in [-0.1, -0.05) is 29.3 Å². The van der Waals surface area contributed by atoms with Gasteiger partial charge in [-0.25, -0.2) is 0 Å². The van der Waals surface area contributed by atoms with Crippen molar-refractivity contribution in [1.29, 1.82) is 0 Å². The summed E-state index contributed by atoms with van der Waals surface area (Å²) in [6, 6.07) is 10.0. The molecule has 0 bridgehead atoms. The standard InChI is InChI=1S/C16H20O/c1-11-12(2)14(4)16(13(11)3)10-17-15-8-6-5-7-9-15/h5-9,16H,10H2,1-4H3. The molecule has 1 nitrogen and oxygen atoms in total. The van der Waals surface area contributed by atoms with Crippen LogP contribution in [0.3, 0.4) is 0 Å². The van der Waals surface area contributed by atoms with Gasteiger partial charge < -0.3 is 4.74 Å². The van der Waals surface area contributed by atoms with Crippen LogP contribution < -0.4 is 4.74 Å². The first-order chi connectivity index (χ1) is 8.11. The lowest BCUT2D eigenvalue weighted by molar-refractivity contribution is 0.287. The molecule has 0 saturated heterocycles. The molecule has 1 aliphatic carbocycles. The zero-order valence-electron chi connectivity index (χ0n) is 11.1. The molecule has 1 aromatic carbocycles. The Morgan fingerprint density at radius 3 is 1.94 bits per heavy atom. The van der Waals surface area contributed by atoms with E-state index in [0.717, 1.165) is 12.4 Å². The number of ether oxygens (including phenoxy) is 1. The fourth-order valence-electron chi connectivity index (χ4n) is 2.39. The lowest BCUT2D eigenvalue weighted by atomic mass is 9.98. The molecular weight excluding hydrogens is 208 g/mol. The molecule has 1 heteroatoms. The number of allylic oxidation sites excluding steroid dienone is 2. The van der Waals surface area contributed by atoms with Gasteiger partial charge in [-0.15, -0.1) is 0 Å². The number of benzene rings is 1. The van der Waals surface area contributed by atoms with Gasteiger partial charge in [0.2, 0.25) is 0 Å². The summed E-state index contributed by atoms with van der Waals surface area (Å²) < 4.78 is 5.86. The maximum atomic E-state index is 5.86. The molecule has 1 aromatic rings. The van der Waals surface area contributed by atoms with Gasteiger partial charge in [0.15, 0.2) is 0 Å². The topological polar surface area (TPSA) is 9.23 Å². The Morgan fingerprint density at radius 2 is 1.41 bits per heavy atom. The molecule has 0 N–H and O–H groups in total. The van der Waals surface area contributed by atoms with E-state index in [4.69, 9.17) is 4.74 Å². The first-order valence-corrected chi connectivity index (χ1v) is 6.14. The second-order valence-electron chi connectivity index (χ2n) is 4.79. The average Bonchev–Trinajstić information content (AvgIpc) is 2.54. The van der Waals surface area contributed by atoms with Gasteiger partial charge in [-0.2, -0.15) is 0 Å². The Bertz CT molecular complexity index is 442. The van der Waals surface area contributed by atoms with Crippen LogP contribution in [-0.4, -0.2) is 6.61 Å². The largest absolute Gasteiger partial charge is 0.493 e. The summed E-state index contributed by atoms with van der Waals surface area (Å²) in [7, 11) is 0. The van der Waals surface area contributed by atoms with Crippen molar-refractivity contribution in [1.82, 2.24) is 0 Å². The fourth-order valence-corrected chi connectivity index (χ4v) is 2.39. The molecular formula is C16H20O. The molecule has 0 fully saturated rings. The highest BCUT2D eigenvalue weighted by atomic mass is 16.5. The molecule has 0 unspecified atom stereocenters. The van der Waals surface area contributed by atoms with Crippen LogP contribution in [-0.2, 0) is 0 Å². The Kier molecular flexibility index (Phi) is 3.37. The monoisotopic (exact) mass is 228 g/mol. The summed E-state index contributed by atoms with van der Waals surface area (Å²) in [4.78, 5) is 0. The zero-order chi connectivity index (χ0) is 12.4. The van der Waals surface area contributed by atoms with E-state index in [0.29, 0.717) is 5.92 Å². The SMILES string of the molecule is CC1=C(C)C(COc2ccccc2)C(C)=C1C. The van der Waals surface area contributed by atoms with Crippen molar-refractivity contribution in [2.24, 2.45) is 5.92 Å². The van der Waals surface area contributed by atoms with E-state index in [-0.39, 0.29) is 0 Å². The Balaban J connectivity index is 2.07. The third kappa shape index (κ3) is 2.28. The summed E-state index contributed by atoms with van der Waals surface area (Å²) >= 11 is 0. The molecule has 1 aliphatic rings. The third-order valence-corrected chi connectivity index (χ3v) is 3.95. The maximum absolute atomic E-state index is 5.86. The van der Waals surface area contributed by atoms with Crippen LogP contribution in [0.4, 0.5) is 0 Å². The van der Waals surface area contributed by atoms with Crippen LogP contribution in [0.15, 0.2) is 52.6 Å². The molecule has 0 radical (unpaired) electrons. The van der Waals surface area contributed by atoms with Gasteiger partial charge in [0, 0.05) is 5.92 Å². The van der Waals surface area contributed by atoms with Crippen LogP contribution in [0, 0.1) is 5.92 Å². The van der Waals surface area contributed by atoms with Crippen LogP contribution >= 0.6 is 0 Å². The molecule has 0 heterocycles. The minimum absolute atomic E-state index is 0.454. The van der Waals surface area contributed by atoms with Crippen molar-refractivity contribution >= 4 is 0 Å². The summed E-state index contributed by atoms with van der Waals surface area (Å²) in [5.74, 6) is 1.41. The van der Waals surface area contributed by atoms with Crippen LogP contribution in [0.2, 0.25) is 0 Å². The lowest BCUT2D eigenvalue weighted by Gasteiger charge is -2.16. The van der Waals surface area contributed by atoms with E-state index in [9.17, 15) is 0 Å². The third-order valence-electron chi connectivity index (χ3n) is 3.95. The molecule has 0 saturated carbocycles. The van der Waals surface area contributed by atoms with Crippen molar-refractivity contribution in [3.8, 4) is 5.75 Å². The van der Waals surface area contributed by atoms with Crippen LogP contribution in [0.25, 0.3) is 0 Å². The minimum Gasteiger partial charge on any atom is -0.493 e. The van der Waals surface area contributed by atoms with Crippen LogP contribution in [0.5, 0.6) is 5.75 Å². The Hall–Kier alpha value is -1.50. The molecule has 90 valence electrons. The van der Waals surface area contributed by atoms with E-state index in [2.05, 4.69) is 27.7 Å². The molecule has 17 heavy (non-hydrogen) atoms. The molecule has 0 spiro atoms. The summed E-state index contributed by atoms with van der Waals surface area (Å²) in [6.07, 6.45) is 0. The van der Waals surface area contributed by atoms with Crippen molar-refractivity contribution in [2.75, 3.05) is 6.61 Å². The van der Waals surface area contributed by atoms with Gasteiger partial charge in [0.25, 0.3) is 0 Å². The zero-order valence-corrected chi connectivity index (χ0v) is 11.1. The van der Waals surface area contributed by atoms with Crippen molar-refractivity contribution < 1.29 is 4.74 Å². The number of rotatable bonds is 3. The lowest BCUT2D eigenvalue weighted by Crippen LogP contribution is -2.12. The predicted octanol–water partition coefficient (Wildman–Crippen LogP) is 4.37. The van der Waals surface area contributed by atoms with E-state index in [1.807, 2.05) is 30.3 Å². The second kappa shape index (κ2) is 4.79. The first-order valence-electron chi connectivity index (χ1n) is 6.14. The quantitative estimate of drug-likeness (QED) is 0.746. The number of hydrogen-bond donors (Lipinski definition) is 0. The summed E-state index contributed by atoms with van der Waals surface area (Å²) in [5.41, 5.74) is 5.78. The molecule has 0 aliphatic heterocycles. The highest BCUT2D eigenvalue weighted by Gasteiger charge is 2.24. The second-order valence-corrected chi connectivity index (χ2v) is 4.79. The van der Waals surface area contributed by atoms with Gasteiger partial charge in [-0.3, -0.25) is 0 Å². The molecule has 0 aromatic heterocycles. The number of hydrogen-bond acceptors (Lipinski definition) is 1. The van der Waals surface area contributed by atoms with E-state index >= 15 is 0 Å². The fraction of sp³-hybridized carbons (Fsp3) is 0.375. The summed E-state index contributed by atoms with van der Waals surface area (Å²) in [6.45, 7) is 9.59. The minimum atomic E-state index is 0.454. The van der Waals surface area contributed by atoms with Crippen LogP contribution in [0.1, 0.15) is 27.7 Å². The van der Waals surface area contributed by atoms with Gasteiger partial charge in [0.05, 0.1) is 6.61 Å². The molecule has 2 rings (SSSR count). The van der Waals surface area contributed by atoms with Crippen molar-refractivity contribution in [3.63, 3.8) is 0 Å². The van der Waals surface area contributed by atoms with E-state index in [1.54, 1.807) is 0 Å². The maximum Gasteiger partial charge on any atom is 0.119 e. The normalized spacial score (nSPS) is 16.9. The average molecular weight is 228 g/mol. The highest BCUT2D eigenvalue weighted by Crippen LogP contribution is 2.36. The van der Waals surface area contributed by atoms with E-state index < -0.39 is 0 Å². The number of para-hydroxylation sites is 1. The predicted molar refractivity (Wildman–Crippen MR) is 72.2 cm³/mol. The first kappa shape index (κ1) is 12.0. The van der Waals surface area contributed by atoms with Gasteiger partial charge in [-0.05, 0) is 51.0 Å². The Labute approximate surface area is 104 Å².